The molecule has 0 radical (unpaired) electrons. The molecule has 10 heteroatoms. The summed E-state index contributed by atoms with van der Waals surface area (Å²) in [4.78, 5) is 31.8. The van der Waals surface area contributed by atoms with Crippen molar-refractivity contribution in [2.45, 2.75) is 31.8 Å². The van der Waals surface area contributed by atoms with Crippen LogP contribution >= 0.6 is 0 Å². The van der Waals surface area contributed by atoms with E-state index < -0.39 is 0 Å². The molecule has 0 amide bonds. The summed E-state index contributed by atoms with van der Waals surface area (Å²) < 4.78 is 5.99. The highest BCUT2D eigenvalue weighted by Crippen LogP contribution is 2.18. The van der Waals surface area contributed by atoms with Gasteiger partial charge in [-0.05, 0) is 36.1 Å². The van der Waals surface area contributed by atoms with Crippen LogP contribution in [0, 0.1) is 0 Å². The molecule has 0 saturated carbocycles. The lowest BCUT2D eigenvalue weighted by atomic mass is 10.1. The third-order valence-electron chi connectivity index (χ3n) is 7.10. The minimum Gasteiger partial charge on any atom is -0.473 e. The smallest absolute Gasteiger partial charge is 0.228 e. The molecule has 3 aromatic heterocycles. The fourth-order valence-electron chi connectivity index (χ4n) is 4.96. The average Bonchev–Trinajstić information content (AvgIpc) is 3.00. The summed E-state index contributed by atoms with van der Waals surface area (Å²) >= 11 is 0. The van der Waals surface area contributed by atoms with Gasteiger partial charge in [-0.1, -0.05) is 36.4 Å². The van der Waals surface area contributed by atoms with Crippen molar-refractivity contribution in [3.63, 3.8) is 0 Å². The van der Waals surface area contributed by atoms with E-state index in [1.165, 1.54) is 5.56 Å². The average molecular weight is 524 g/mol. The van der Waals surface area contributed by atoms with Crippen molar-refractivity contribution in [2.75, 3.05) is 49.1 Å². The first kappa shape index (κ1) is 25.1. The van der Waals surface area contributed by atoms with E-state index in [0.717, 1.165) is 81.4 Å². The van der Waals surface area contributed by atoms with Crippen molar-refractivity contribution in [2.24, 2.45) is 0 Å². The monoisotopic (exact) mass is 523 g/mol. The second-order valence-electron chi connectivity index (χ2n) is 10.00. The van der Waals surface area contributed by atoms with Crippen LogP contribution in [-0.4, -0.2) is 75.3 Å². The van der Waals surface area contributed by atoms with Crippen LogP contribution in [0.4, 0.5) is 11.9 Å². The van der Waals surface area contributed by atoms with Crippen LogP contribution < -0.4 is 19.9 Å². The largest absolute Gasteiger partial charge is 0.473 e. The van der Waals surface area contributed by atoms with Gasteiger partial charge >= 0.3 is 0 Å². The maximum Gasteiger partial charge on any atom is 0.228 e. The lowest BCUT2D eigenvalue weighted by Gasteiger charge is -2.34. The van der Waals surface area contributed by atoms with Crippen molar-refractivity contribution in [1.29, 1.82) is 0 Å². The van der Waals surface area contributed by atoms with Gasteiger partial charge in [0.05, 0.1) is 0 Å². The van der Waals surface area contributed by atoms with E-state index >= 15 is 0 Å². The van der Waals surface area contributed by atoms with E-state index in [4.69, 9.17) is 9.72 Å². The van der Waals surface area contributed by atoms with Gasteiger partial charge in [-0.25, -0.2) is 24.9 Å². The van der Waals surface area contributed by atoms with Gasteiger partial charge in [-0.2, -0.15) is 4.98 Å². The topological polar surface area (TPSA) is 105 Å². The maximum absolute atomic E-state index is 5.99. The molecular formula is C29H33N9O. The molecule has 1 atom stereocenters. The molecule has 2 fully saturated rings. The molecule has 39 heavy (non-hydrogen) atoms. The van der Waals surface area contributed by atoms with Gasteiger partial charge in [0.2, 0.25) is 17.8 Å². The number of piperazine rings is 1. The number of benzene rings is 1. The van der Waals surface area contributed by atoms with Gasteiger partial charge in [-0.3, -0.25) is 0 Å². The van der Waals surface area contributed by atoms with Crippen LogP contribution in [0.2, 0.25) is 0 Å². The van der Waals surface area contributed by atoms with Crippen LogP contribution in [0.3, 0.4) is 0 Å². The second kappa shape index (κ2) is 12.1. The van der Waals surface area contributed by atoms with Crippen molar-refractivity contribution in [3.05, 3.63) is 89.9 Å². The number of pyridine rings is 1. The Kier molecular flexibility index (Phi) is 7.81. The number of anilines is 2. The highest BCUT2D eigenvalue weighted by Gasteiger charge is 2.21. The quantitative estimate of drug-likeness (QED) is 0.371. The Bertz CT molecular complexity index is 1320. The summed E-state index contributed by atoms with van der Waals surface area (Å²) in [6.07, 6.45) is 11.1. The minimum absolute atomic E-state index is 0.189. The number of piperidine rings is 1. The molecule has 1 aromatic carbocycles. The van der Waals surface area contributed by atoms with Gasteiger partial charge in [0.25, 0.3) is 0 Å². The Balaban J connectivity index is 1.01. The number of nitrogens with one attached hydrogen (secondary N) is 1. The van der Waals surface area contributed by atoms with Crippen molar-refractivity contribution in [1.82, 2.24) is 35.2 Å². The predicted molar refractivity (Wildman–Crippen MR) is 149 cm³/mol. The molecule has 0 spiro atoms. The van der Waals surface area contributed by atoms with Crippen molar-refractivity contribution < 1.29 is 4.74 Å². The van der Waals surface area contributed by atoms with Crippen LogP contribution in [0.25, 0.3) is 0 Å². The Hall–Kier alpha value is -4.18. The van der Waals surface area contributed by atoms with Gasteiger partial charge in [0.1, 0.15) is 18.3 Å². The number of hydrogen-bond donors (Lipinski definition) is 1. The molecule has 0 aliphatic carbocycles. The first-order chi connectivity index (χ1) is 19.3. The van der Waals surface area contributed by atoms with E-state index in [1.807, 2.05) is 36.8 Å². The number of ether oxygens (including phenoxy) is 1. The van der Waals surface area contributed by atoms with E-state index in [2.05, 4.69) is 64.3 Å². The van der Waals surface area contributed by atoms with Gasteiger partial charge < -0.3 is 19.9 Å². The lowest BCUT2D eigenvalue weighted by molar-refractivity contribution is 0.160. The molecule has 200 valence electrons. The van der Waals surface area contributed by atoms with E-state index in [0.29, 0.717) is 18.2 Å². The van der Waals surface area contributed by atoms with Crippen LogP contribution in [-0.2, 0) is 12.8 Å². The molecule has 10 nitrogen and oxygen atoms in total. The molecule has 2 saturated heterocycles. The predicted octanol–water partition coefficient (Wildman–Crippen LogP) is 2.70. The number of hydrogen-bond acceptors (Lipinski definition) is 10. The number of aromatic nitrogens is 6. The van der Waals surface area contributed by atoms with Gasteiger partial charge in [0, 0.05) is 70.2 Å². The summed E-state index contributed by atoms with van der Waals surface area (Å²) in [7, 11) is 0. The normalized spacial score (nSPS) is 17.7. The third-order valence-corrected chi connectivity index (χ3v) is 7.10. The molecule has 2 aliphatic rings. The van der Waals surface area contributed by atoms with Crippen molar-refractivity contribution >= 4 is 11.9 Å². The SMILES string of the molecule is c1ccc(Cc2cnc(N3CCN(c4ncnc(Cc5ccc(O[C@H]6CCCNC6)nc5)n4)CC3)nc2)cc1. The Morgan fingerprint density at radius 2 is 1.51 bits per heavy atom. The number of nitrogens with zero attached hydrogens (tertiary/aromatic N) is 8. The fraction of sp³-hybridized carbons (Fsp3) is 0.379. The van der Waals surface area contributed by atoms with Gasteiger partial charge in [0.15, 0.2) is 0 Å². The summed E-state index contributed by atoms with van der Waals surface area (Å²) in [6.45, 7) is 5.14. The van der Waals surface area contributed by atoms with E-state index in [-0.39, 0.29) is 6.10 Å². The maximum atomic E-state index is 5.99. The van der Waals surface area contributed by atoms with E-state index in [1.54, 1.807) is 6.33 Å². The standard InChI is InChI=1S/C29H33N9O/c1-2-5-22(6-3-1)15-24-18-32-28(33-19-24)37-11-13-38(14-12-37)29-35-21-34-26(36-29)16-23-8-9-27(31-17-23)39-25-7-4-10-30-20-25/h1-3,5-6,8-9,17-19,21,25,30H,4,7,10-16,20H2/t25-/m0/s1. The summed E-state index contributed by atoms with van der Waals surface area (Å²) in [6, 6.07) is 14.4. The molecule has 1 N–H and O–H groups in total. The zero-order chi connectivity index (χ0) is 26.3. The second-order valence-corrected chi connectivity index (χ2v) is 10.00. The Morgan fingerprint density at radius 3 is 2.23 bits per heavy atom. The molecular weight excluding hydrogens is 490 g/mol. The third kappa shape index (κ3) is 6.64. The molecule has 5 heterocycles. The molecule has 2 aliphatic heterocycles. The lowest BCUT2D eigenvalue weighted by Crippen LogP contribution is -2.47. The zero-order valence-electron chi connectivity index (χ0n) is 22.0. The van der Waals surface area contributed by atoms with Crippen LogP contribution in [0.5, 0.6) is 5.88 Å². The van der Waals surface area contributed by atoms with Crippen LogP contribution in [0.1, 0.15) is 35.4 Å². The molecule has 0 bridgehead atoms. The summed E-state index contributed by atoms with van der Waals surface area (Å²) in [5, 5.41) is 3.36. The minimum atomic E-state index is 0.189. The first-order valence-electron chi connectivity index (χ1n) is 13.6. The molecule has 0 unspecified atom stereocenters. The first-order valence-corrected chi connectivity index (χ1v) is 13.6. The Labute approximate surface area is 228 Å². The van der Waals surface area contributed by atoms with Crippen LogP contribution in [0.15, 0.2) is 67.4 Å². The zero-order valence-corrected chi connectivity index (χ0v) is 22.0. The highest BCUT2D eigenvalue weighted by atomic mass is 16.5. The molecule has 6 rings (SSSR count). The number of rotatable bonds is 8. The fourth-order valence-corrected chi connectivity index (χ4v) is 4.96. The Morgan fingerprint density at radius 1 is 0.744 bits per heavy atom. The van der Waals surface area contributed by atoms with Crippen molar-refractivity contribution in [3.8, 4) is 5.88 Å². The summed E-state index contributed by atoms with van der Waals surface area (Å²) in [5.74, 6) is 2.86. The highest BCUT2D eigenvalue weighted by molar-refractivity contribution is 5.38. The summed E-state index contributed by atoms with van der Waals surface area (Å²) in [5.41, 5.74) is 3.41. The van der Waals surface area contributed by atoms with Gasteiger partial charge in [-0.15, -0.1) is 0 Å². The van der Waals surface area contributed by atoms with E-state index in [9.17, 15) is 0 Å². The molecule has 4 aromatic rings.